The zero-order valence-corrected chi connectivity index (χ0v) is 9.82. The smallest absolute Gasteiger partial charge is 0.126 e. The van der Waals surface area contributed by atoms with E-state index in [0.717, 1.165) is 11.7 Å². The summed E-state index contributed by atoms with van der Waals surface area (Å²) >= 11 is 0. The molecule has 4 rings (SSSR count). The lowest BCUT2D eigenvalue weighted by atomic mass is 9.84. The van der Waals surface area contributed by atoms with E-state index in [0.29, 0.717) is 6.04 Å². The van der Waals surface area contributed by atoms with E-state index in [1.165, 1.54) is 38.0 Å². The average molecular weight is 217 g/mol. The number of aryl methyl sites for hydroxylation is 1. The van der Waals surface area contributed by atoms with Gasteiger partial charge in [0.1, 0.15) is 5.82 Å². The maximum atomic E-state index is 4.43. The van der Waals surface area contributed by atoms with Crippen molar-refractivity contribution in [1.29, 1.82) is 0 Å². The maximum Gasteiger partial charge on any atom is 0.126 e. The third-order valence-electron chi connectivity index (χ3n) is 3.90. The van der Waals surface area contributed by atoms with E-state index < -0.39 is 0 Å². The first kappa shape index (κ1) is 10.1. The first-order valence-electron chi connectivity index (χ1n) is 6.23. The summed E-state index contributed by atoms with van der Waals surface area (Å²) in [6.07, 6.45) is 4.64. The molecule has 4 heterocycles. The van der Waals surface area contributed by atoms with Crippen molar-refractivity contribution >= 4 is 5.82 Å². The highest BCUT2D eigenvalue weighted by Crippen LogP contribution is 2.29. The second-order valence-electron chi connectivity index (χ2n) is 5.11. The molecule has 1 unspecified atom stereocenters. The Morgan fingerprint density at radius 3 is 2.69 bits per heavy atom. The molecule has 0 radical (unpaired) electrons. The molecule has 1 aromatic rings. The molecule has 0 saturated carbocycles. The van der Waals surface area contributed by atoms with Gasteiger partial charge >= 0.3 is 0 Å². The van der Waals surface area contributed by atoms with E-state index in [1.807, 2.05) is 6.20 Å². The normalized spacial score (nSPS) is 32.7. The van der Waals surface area contributed by atoms with Crippen LogP contribution >= 0.6 is 0 Å². The fraction of sp³-hybridized carbons (Fsp3) is 0.615. The lowest BCUT2D eigenvalue weighted by Crippen LogP contribution is -2.53. The lowest BCUT2D eigenvalue weighted by Gasteiger charge is -2.45. The summed E-state index contributed by atoms with van der Waals surface area (Å²) < 4.78 is 0. The monoisotopic (exact) mass is 217 g/mol. The van der Waals surface area contributed by atoms with Crippen LogP contribution in [0.25, 0.3) is 0 Å². The third-order valence-corrected chi connectivity index (χ3v) is 3.90. The molecular formula is C13H19N3. The highest BCUT2D eigenvalue weighted by atomic mass is 15.2. The Balaban J connectivity index is 1.68. The summed E-state index contributed by atoms with van der Waals surface area (Å²) in [6.45, 7) is 5.86. The number of aromatic nitrogens is 1. The van der Waals surface area contributed by atoms with Crippen molar-refractivity contribution < 1.29 is 0 Å². The van der Waals surface area contributed by atoms with Gasteiger partial charge in [-0.15, -0.1) is 0 Å². The molecule has 3 aliphatic heterocycles. The van der Waals surface area contributed by atoms with Crippen LogP contribution < -0.4 is 5.32 Å². The number of hydrogen-bond donors (Lipinski definition) is 1. The Bertz CT molecular complexity index is 352. The molecule has 3 saturated heterocycles. The Morgan fingerprint density at radius 1 is 1.31 bits per heavy atom. The van der Waals surface area contributed by atoms with Gasteiger partial charge in [-0.1, -0.05) is 6.07 Å². The van der Waals surface area contributed by atoms with Crippen LogP contribution in [-0.4, -0.2) is 35.6 Å². The van der Waals surface area contributed by atoms with Crippen molar-refractivity contribution in [2.75, 3.05) is 25.0 Å². The standard InChI is InChI=1S/C13H19N3/c1-10-2-3-13(14-8-10)15-12-9-16-6-4-11(12)5-7-16/h2-3,8,11-12H,4-7,9H2,1H3,(H,14,15). The van der Waals surface area contributed by atoms with Gasteiger partial charge in [0.2, 0.25) is 0 Å². The van der Waals surface area contributed by atoms with Crippen molar-refractivity contribution in [2.45, 2.75) is 25.8 Å². The summed E-state index contributed by atoms with van der Waals surface area (Å²) in [7, 11) is 0. The summed E-state index contributed by atoms with van der Waals surface area (Å²) in [6, 6.07) is 4.82. The van der Waals surface area contributed by atoms with Crippen molar-refractivity contribution in [3.8, 4) is 0 Å². The first-order valence-corrected chi connectivity index (χ1v) is 6.23. The SMILES string of the molecule is Cc1ccc(NC2CN3CCC2CC3)nc1. The minimum absolute atomic E-state index is 0.609. The number of piperidine rings is 3. The number of rotatable bonds is 2. The van der Waals surface area contributed by atoms with Gasteiger partial charge in [-0.25, -0.2) is 4.98 Å². The van der Waals surface area contributed by atoms with Gasteiger partial charge in [0.15, 0.2) is 0 Å². The highest BCUT2D eigenvalue weighted by molar-refractivity contribution is 5.37. The number of fused-ring (bicyclic) bond motifs is 3. The molecule has 0 aromatic carbocycles. The van der Waals surface area contributed by atoms with Gasteiger partial charge < -0.3 is 10.2 Å². The molecule has 3 nitrogen and oxygen atoms in total. The van der Waals surface area contributed by atoms with Crippen LogP contribution in [-0.2, 0) is 0 Å². The molecule has 1 N–H and O–H groups in total. The first-order chi connectivity index (χ1) is 7.81. The van der Waals surface area contributed by atoms with E-state index in [1.54, 1.807) is 0 Å². The van der Waals surface area contributed by atoms with Gasteiger partial charge in [0.05, 0.1) is 0 Å². The third kappa shape index (κ3) is 1.92. The van der Waals surface area contributed by atoms with Gasteiger partial charge in [0, 0.05) is 18.8 Å². The fourth-order valence-corrected chi connectivity index (χ4v) is 2.87. The molecule has 3 aliphatic rings. The van der Waals surface area contributed by atoms with Crippen molar-refractivity contribution in [2.24, 2.45) is 5.92 Å². The minimum atomic E-state index is 0.609. The number of pyridine rings is 1. The van der Waals surface area contributed by atoms with Crippen LogP contribution in [0.1, 0.15) is 18.4 Å². The minimum Gasteiger partial charge on any atom is -0.366 e. The van der Waals surface area contributed by atoms with Gasteiger partial charge in [0.25, 0.3) is 0 Å². The van der Waals surface area contributed by atoms with Gasteiger partial charge in [-0.05, 0) is 50.4 Å². The molecule has 0 amide bonds. The van der Waals surface area contributed by atoms with E-state index in [4.69, 9.17) is 0 Å². The van der Waals surface area contributed by atoms with Crippen LogP contribution in [0.2, 0.25) is 0 Å². The van der Waals surface area contributed by atoms with E-state index in [9.17, 15) is 0 Å². The zero-order chi connectivity index (χ0) is 11.0. The van der Waals surface area contributed by atoms with Crippen LogP contribution in [0.3, 0.4) is 0 Å². The predicted octanol–water partition coefficient (Wildman–Crippen LogP) is 1.90. The highest BCUT2D eigenvalue weighted by Gasteiger charge is 2.33. The molecule has 86 valence electrons. The molecular weight excluding hydrogens is 198 g/mol. The molecule has 3 fully saturated rings. The molecule has 1 aromatic heterocycles. The maximum absolute atomic E-state index is 4.43. The Labute approximate surface area is 96.9 Å². The molecule has 2 bridgehead atoms. The van der Waals surface area contributed by atoms with Crippen molar-refractivity contribution in [3.63, 3.8) is 0 Å². The summed E-state index contributed by atoms with van der Waals surface area (Å²) in [4.78, 5) is 6.99. The Hall–Kier alpha value is -1.09. The summed E-state index contributed by atoms with van der Waals surface area (Å²) in [5.74, 6) is 1.89. The fourth-order valence-electron chi connectivity index (χ4n) is 2.87. The molecule has 16 heavy (non-hydrogen) atoms. The summed E-state index contributed by atoms with van der Waals surface area (Å²) in [5.41, 5.74) is 1.22. The predicted molar refractivity (Wildman–Crippen MR) is 65.5 cm³/mol. The van der Waals surface area contributed by atoms with Crippen LogP contribution in [0, 0.1) is 12.8 Å². The van der Waals surface area contributed by atoms with E-state index in [2.05, 4.69) is 34.3 Å². The van der Waals surface area contributed by atoms with E-state index in [-0.39, 0.29) is 0 Å². The van der Waals surface area contributed by atoms with E-state index >= 15 is 0 Å². The molecule has 1 atom stereocenters. The van der Waals surface area contributed by atoms with Crippen LogP contribution in [0.4, 0.5) is 5.82 Å². The Morgan fingerprint density at radius 2 is 2.12 bits per heavy atom. The zero-order valence-electron chi connectivity index (χ0n) is 9.82. The van der Waals surface area contributed by atoms with Gasteiger partial charge in [-0.2, -0.15) is 0 Å². The van der Waals surface area contributed by atoms with Crippen molar-refractivity contribution in [1.82, 2.24) is 9.88 Å². The second kappa shape index (κ2) is 4.06. The molecule has 0 aliphatic carbocycles. The van der Waals surface area contributed by atoms with Gasteiger partial charge in [-0.3, -0.25) is 0 Å². The number of hydrogen-bond acceptors (Lipinski definition) is 3. The molecule has 0 spiro atoms. The largest absolute Gasteiger partial charge is 0.366 e. The van der Waals surface area contributed by atoms with Crippen LogP contribution in [0.5, 0.6) is 0 Å². The number of nitrogens with zero attached hydrogens (tertiary/aromatic N) is 2. The Kier molecular flexibility index (Phi) is 2.56. The lowest BCUT2D eigenvalue weighted by molar-refractivity contribution is 0.0974. The van der Waals surface area contributed by atoms with Crippen LogP contribution in [0.15, 0.2) is 18.3 Å². The topological polar surface area (TPSA) is 28.2 Å². The number of anilines is 1. The second-order valence-corrected chi connectivity index (χ2v) is 5.11. The number of nitrogens with one attached hydrogen (secondary N) is 1. The molecule has 3 heteroatoms. The average Bonchev–Trinajstić information content (AvgIpc) is 2.34. The summed E-state index contributed by atoms with van der Waals surface area (Å²) in [5, 5.41) is 3.59. The van der Waals surface area contributed by atoms with Crippen molar-refractivity contribution in [3.05, 3.63) is 23.9 Å². The quantitative estimate of drug-likeness (QED) is 0.820.